The molecular weight excluding hydrogens is 396 g/mol. The first kappa shape index (κ1) is 20.8. The molecule has 0 aromatic heterocycles. The predicted molar refractivity (Wildman–Crippen MR) is 121 cm³/mol. The maximum absolute atomic E-state index is 13.2. The monoisotopic (exact) mass is 424 g/mol. The number of carbonyl (C=O) groups excluding carboxylic acids is 2. The van der Waals surface area contributed by atoms with Gasteiger partial charge in [-0.2, -0.15) is 11.8 Å². The minimum Gasteiger partial charge on any atom is -0.497 e. The van der Waals surface area contributed by atoms with Gasteiger partial charge in [0.2, 0.25) is 11.8 Å². The van der Waals surface area contributed by atoms with E-state index in [9.17, 15) is 9.59 Å². The van der Waals surface area contributed by atoms with Gasteiger partial charge in [0.25, 0.3) is 0 Å². The third-order valence-electron chi connectivity index (χ3n) is 6.05. The first-order valence-corrected chi connectivity index (χ1v) is 11.5. The second-order valence-electron chi connectivity index (χ2n) is 7.93. The van der Waals surface area contributed by atoms with Crippen molar-refractivity contribution in [1.29, 1.82) is 0 Å². The van der Waals surface area contributed by atoms with Crippen molar-refractivity contribution in [3.05, 3.63) is 59.7 Å². The molecule has 2 aromatic carbocycles. The maximum atomic E-state index is 13.2. The van der Waals surface area contributed by atoms with Gasteiger partial charge in [0.1, 0.15) is 5.75 Å². The van der Waals surface area contributed by atoms with E-state index in [4.69, 9.17) is 4.74 Å². The number of benzene rings is 2. The number of hydrogen-bond acceptors (Lipinski definition) is 4. The van der Waals surface area contributed by atoms with Crippen LogP contribution in [0.4, 0.5) is 5.69 Å². The maximum Gasteiger partial charge on any atom is 0.228 e. The molecule has 5 nitrogen and oxygen atoms in total. The summed E-state index contributed by atoms with van der Waals surface area (Å²) in [5, 5.41) is 0.421. The number of aryl methyl sites for hydroxylation is 1. The van der Waals surface area contributed by atoms with E-state index >= 15 is 0 Å². The first-order chi connectivity index (χ1) is 14.6. The highest BCUT2D eigenvalue weighted by Gasteiger charge is 2.37. The summed E-state index contributed by atoms with van der Waals surface area (Å²) in [6.07, 6.45) is 1.24. The van der Waals surface area contributed by atoms with Crippen molar-refractivity contribution in [3.63, 3.8) is 0 Å². The standard InChI is InChI=1S/C24H28N2O3S/c1-17-5-3-4-6-21(17)22-11-12-25(13-14-30-22)24(28)18-15-23(27)26(16-18)19-7-9-20(29-2)10-8-19/h3-10,18,22H,11-16H2,1-2H3. The fourth-order valence-corrected chi connectivity index (χ4v) is 5.66. The summed E-state index contributed by atoms with van der Waals surface area (Å²) >= 11 is 1.93. The Morgan fingerprint density at radius 1 is 1.10 bits per heavy atom. The molecule has 2 saturated heterocycles. The molecule has 0 bridgehead atoms. The summed E-state index contributed by atoms with van der Waals surface area (Å²) in [5.41, 5.74) is 3.51. The Morgan fingerprint density at radius 2 is 1.87 bits per heavy atom. The van der Waals surface area contributed by atoms with E-state index in [1.165, 1.54) is 11.1 Å². The highest BCUT2D eigenvalue weighted by Crippen LogP contribution is 2.36. The summed E-state index contributed by atoms with van der Waals surface area (Å²) in [5.74, 6) is 1.54. The molecule has 2 aliphatic heterocycles. The molecule has 0 aliphatic carbocycles. The van der Waals surface area contributed by atoms with E-state index in [-0.39, 0.29) is 24.2 Å². The smallest absolute Gasteiger partial charge is 0.228 e. The number of hydrogen-bond donors (Lipinski definition) is 0. The lowest BCUT2D eigenvalue weighted by molar-refractivity contribution is -0.135. The molecule has 2 fully saturated rings. The Balaban J connectivity index is 1.39. The van der Waals surface area contributed by atoms with Crippen LogP contribution in [0.2, 0.25) is 0 Å². The summed E-state index contributed by atoms with van der Waals surface area (Å²) in [7, 11) is 1.62. The highest BCUT2D eigenvalue weighted by molar-refractivity contribution is 7.99. The van der Waals surface area contributed by atoms with Gasteiger partial charge >= 0.3 is 0 Å². The Hall–Kier alpha value is -2.47. The van der Waals surface area contributed by atoms with Crippen molar-refractivity contribution in [3.8, 4) is 5.75 Å². The Labute approximate surface area is 182 Å². The van der Waals surface area contributed by atoms with Gasteiger partial charge < -0.3 is 14.5 Å². The summed E-state index contributed by atoms with van der Waals surface area (Å²) in [6.45, 7) is 4.10. The largest absolute Gasteiger partial charge is 0.497 e. The van der Waals surface area contributed by atoms with Gasteiger partial charge in [0.15, 0.2) is 0 Å². The molecule has 2 aromatic rings. The lowest BCUT2D eigenvalue weighted by Crippen LogP contribution is -2.38. The molecule has 0 radical (unpaired) electrons. The summed E-state index contributed by atoms with van der Waals surface area (Å²) in [6, 6.07) is 16.0. The molecule has 30 heavy (non-hydrogen) atoms. The number of thioether (sulfide) groups is 1. The molecule has 2 amide bonds. The molecule has 4 rings (SSSR count). The van der Waals surface area contributed by atoms with Crippen LogP contribution in [0.3, 0.4) is 0 Å². The van der Waals surface area contributed by atoms with Crippen LogP contribution in [0.1, 0.15) is 29.2 Å². The Morgan fingerprint density at radius 3 is 2.60 bits per heavy atom. The van der Waals surface area contributed by atoms with Crippen LogP contribution in [0.25, 0.3) is 0 Å². The average Bonchev–Trinajstić information content (AvgIpc) is 2.99. The molecule has 6 heteroatoms. The van der Waals surface area contributed by atoms with Crippen LogP contribution in [-0.2, 0) is 9.59 Å². The fraction of sp³-hybridized carbons (Fsp3) is 0.417. The number of ether oxygens (including phenoxy) is 1. The quantitative estimate of drug-likeness (QED) is 0.743. The molecule has 0 N–H and O–H groups in total. The molecule has 158 valence electrons. The third kappa shape index (κ3) is 4.33. The van der Waals surface area contributed by atoms with Crippen molar-refractivity contribution >= 4 is 29.3 Å². The molecule has 2 atom stereocenters. The van der Waals surface area contributed by atoms with Crippen molar-refractivity contribution in [2.75, 3.05) is 37.4 Å². The average molecular weight is 425 g/mol. The Kier molecular flexibility index (Phi) is 6.32. The number of anilines is 1. The van der Waals surface area contributed by atoms with Crippen LogP contribution >= 0.6 is 11.8 Å². The first-order valence-electron chi connectivity index (χ1n) is 10.5. The molecule has 2 heterocycles. The zero-order chi connectivity index (χ0) is 21.1. The van der Waals surface area contributed by atoms with Crippen molar-refractivity contribution in [2.45, 2.75) is 25.0 Å². The fourth-order valence-electron chi connectivity index (χ4n) is 4.33. The Bertz CT molecular complexity index is 915. The normalized spacial score (nSPS) is 22.1. The zero-order valence-corrected chi connectivity index (χ0v) is 18.4. The SMILES string of the molecule is COc1ccc(N2CC(C(=O)N3CCSC(c4ccccc4C)CC3)CC2=O)cc1. The van der Waals surface area contributed by atoms with Gasteiger partial charge in [-0.25, -0.2) is 0 Å². The van der Waals surface area contributed by atoms with E-state index < -0.39 is 0 Å². The number of rotatable bonds is 4. The summed E-state index contributed by atoms with van der Waals surface area (Å²) in [4.78, 5) is 29.5. The number of methoxy groups -OCH3 is 1. The van der Waals surface area contributed by atoms with Gasteiger partial charge in [-0.1, -0.05) is 24.3 Å². The second-order valence-corrected chi connectivity index (χ2v) is 9.24. The van der Waals surface area contributed by atoms with E-state index in [1.807, 2.05) is 40.9 Å². The van der Waals surface area contributed by atoms with Crippen LogP contribution in [-0.4, -0.2) is 49.2 Å². The molecule has 2 unspecified atom stereocenters. The van der Waals surface area contributed by atoms with Crippen molar-refractivity contribution in [2.24, 2.45) is 5.92 Å². The minimum atomic E-state index is -0.264. The van der Waals surface area contributed by atoms with Gasteiger partial charge in [0.05, 0.1) is 13.0 Å². The van der Waals surface area contributed by atoms with Crippen molar-refractivity contribution in [1.82, 2.24) is 4.90 Å². The lowest BCUT2D eigenvalue weighted by atomic mass is 10.0. The third-order valence-corrected chi connectivity index (χ3v) is 7.36. The lowest BCUT2D eigenvalue weighted by Gasteiger charge is -2.24. The van der Waals surface area contributed by atoms with Crippen LogP contribution in [0, 0.1) is 12.8 Å². The van der Waals surface area contributed by atoms with Gasteiger partial charge in [-0.15, -0.1) is 0 Å². The molecule has 0 spiro atoms. The molecule has 2 aliphatic rings. The van der Waals surface area contributed by atoms with Crippen molar-refractivity contribution < 1.29 is 14.3 Å². The number of amides is 2. The molecular formula is C24H28N2O3S. The number of carbonyl (C=O) groups is 2. The van der Waals surface area contributed by atoms with E-state index in [0.29, 0.717) is 11.8 Å². The second kappa shape index (κ2) is 9.13. The summed E-state index contributed by atoms with van der Waals surface area (Å²) < 4.78 is 5.19. The van der Waals surface area contributed by atoms with Gasteiger partial charge in [-0.3, -0.25) is 9.59 Å². The van der Waals surface area contributed by atoms with Gasteiger partial charge in [-0.05, 0) is 48.7 Å². The van der Waals surface area contributed by atoms with Crippen LogP contribution < -0.4 is 9.64 Å². The van der Waals surface area contributed by atoms with E-state index in [1.54, 1.807) is 12.0 Å². The minimum absolute atomic E-state index is 0.0144. The zero-order valence-electron chi connectivity index (χ0n) is 17.5. The molecule has 0 saturated carbocycles. The predicted octanol–water partition coefficient (Wildman–Crippen LogP) is 4.06. The van der Waals surface area contributed by atoms with Crippen LogP contribution in [0.15, 0.2) is 48.5 Å². The van der Waals surface area contributed by atoms with Gasteiger partial charge in [0, 0.05) is 42.7 Å². The van der Waals surface area contributed by atoms with E-state index in [2.05, 4.69) is 31.2 Å². The van der Waals surface area contributed by atoms with Crippen LogP contribution in [0.5, 0.6) is 5.75 Å². The number of nitrogens with zero attached hydrogens (tertiary/aromatic N) is 2. The van der Waals surface area contributed by atoms with E-state index in [0.717, 1.165) is 36.7 Å². The highest BCUT2D eigenvalue weighted by atomic mass is 32.2. The topological polar surface area (TPSA) is 49.9 Å².